The van der Waals surface area contributed by atoms with Crippen LogP contribution in [0.15, 0.2) is 18.2 Å². The fourth-order valence-electron chi connectivity index (χ4n) is 1.17. The zero-order valence-corrected chi connectivity index (χ0v) is 8.36. The molecule has 15 heavy (non-hydrogen) atoms. The van der Waals surface area contributed by atoms with Crippen LogP contribution in [0.3, 0.4) is 0 Å². The van der Waals surface area contributed by atoms with Crippen LogP contribution in [-0.2, 0) is 21.2 Å². The minimum absolute atomic E-state index is 0.151. The fraction of sp³-hybridized carbons (Fsp3) is 0.250. The van der Waals surface area contributed by atoms with Gasteiger partial charge >= 0.3 is 10.4 Å². The highest BCUT2D eigenvalue weighted by atomic mass is 32.3. The van der Waals surface area contributed by atoms with E-state index in [9.17, 15) is 8.42 Å². The summed E-state index contributed by atoms with van der Waals surface area (Å²) in [5, 5.41) is 0. The summed E-state index contributed by atoms with van der Waals surface area (Å²) in [6, 6.07) is 4.86. The molecule has 1 aromatic rings. The molecule has 0 unspecified atom stereocenters. The third-order valence-electron chi connectivity index (χ3n) is 1.81. The van der Waals surface area contributed by atoms with Crippen LogP contribution >= 0.6 is 0 Å². The highest BCUT2D eigenvalue weighted by Gasteiger charge is 2.14. The molecule has 1 N–H and O–H groups in total. The van der Waals surface area contributed by atoms with Crippen molar-refractivity contribution in [1.82, 2.24) is 0 Å². The molecule has 0 aliphatic carbocycles. The Bertz CT molecular complexity index is 466. The summed E-state index contributed by atoms with van der Waals surface area (Å²) in [6.45, 7) is -0.0899. The van der Waals surface area contributed by atoms with E-state index in [0.29, 0.717) is 17.1 Å². The van der Waals surface area contributed by atoms with E-state index in [0.717, 1.165) is 0 Å². The van der Waals surface area contributed by atoms with Gasteiger partial charge in [0.2, 0.25) is 6.79 Å². The second kappa shape index (κ2) is 3.69. The van der Waals surface area contributed by atoms with Gasteiger partial charge in [-0.1, -0.05) is 6.07 Å². The Hall–Kier alpha value is -1.31. The molecule has 1 heterocycles. The smallest absolute Gasteiger partial charge is 0.397 e. The van der Waals surface area contributed by atoms with E-state index in [2.05, 4.69) is 4.18 Å². The van der Waals surface area contributed by atoms with E-state index < -0.39 is 10.4 Å². The van der Waals surface area contributed by atoms with Crippen molar-refractivity contribution in [3.8, 4) is 11.5 Å². The van der Waals surface area contributed by atoms with Crippen molar-refractivity contribution in [2.75, 3.05) is 6.79 Å². The molecule has 0 bridgehead atoms. The minimum atomic E-state index is -4.41. The largest absolute Gasteiger partial charge is 0.454 e. The van der Waals surface area contributed by atoms with Crippen LogP contribution in [0.2, 0.25) is 0 Å². The number of benzene rings is 1. The number of hydrogen-bond donors (Lipinski definition) is 1. The molecule has 0 atom stereocenters. The van der Waals surface area contributed by atoms with Gasteiger partial charge in [-0.15, -0.1) is 0 Å². The van der Waals surface area contributed by atoms with E-state index in [1.54, 1.807) is 18.2 Å². The molecule has 6 nitrogen and oxygen atoms in total. The summed E-state index contributed by atoms with van der Waals surface area (Å²) in [7, 11) is -4.41. The van der Waals surface area contributed by atoms with E-state index in [1.165, 1.54) is 0 Å². The summed E-state index contributed by atoms with van der Waals surface area (Å²) in [5.74, 6) is 1.14. The van der Waals surface area contributed by atoms with Crippen molar-refractivity contribution in [1.29, 1.82) is 0 Å². The quantitative estimate of drug-likeness (QED) is 0.774. The Morgan fingerprint density at radius 3 is 2.80 bits per heavy atom. The SMILES string of the molecule is O=S(=O)(O)OCc1ccc2c(c1)OCO2. The summed E-state index contributed by atoms with van der Waals surface area (Å²) in [5.41, 5.74) is 0.567. The van der Waals surface area contributed by atoms with Crippen LogP contribution in [0, 0.1) is 0 Å². The first kappa shape index (κ1) is 10.2. The highest BCUT2D eigenvalue weighted by molar-refractivity contribution is 7.80. The van der Waals surface area contributed by atoms with E-state index in [4.69, 9.17) is 14.0 Å². The average Bonchev–Trinajstić information content (AvgIpc) is 2.60. The van der Waals surface area contributed by atoms with Gasteiger partial charge in [0.25, 0.3) is 0 Å². The zero-order chi connectivity index (χ0) is 10.9. The first-order valence-corrected chi connectivity index (χ1v) is 5.41. The van der Waals surface area contributed by atoms with Crippen LogP contribution in [0.4, 0.5) is 0 Å². The van der Waals surface area contributed by atoms with Gasteiger partial charge in [-0.05, 0) is 17.7 Å². The van der Waals surface area contributed by atoms with Crippen LogP contribution in [0.1, 0.15) is 5.56 Å². The summed E-state index contributed by atoms with van der Waals surface area (Å²) in [4.78, 5) is 0. The van der Waals surface area contributed by atoms with Gasteiger partial charge in [-0.3, -0.25) is 4.55 Å². The Kier molecular flexibility index (Phi) is 2.51. The molecule has 0 spiro atoms. The normalized spacial score (nSPS) is 14.2. The van der Waals surface area contributed by atoms with Gasteiger partial charge < -0.3 is 9.47 Å². The van der Waals surface area contributed by atoms with Crippen LogP contribution in [0.5, 0.6) is 11.5 Å². The average molecular weight is 232 g/mol. The first-order valence-electron chi connectivity index (χ1n) is 4.05. The lowest BCUT2D eigenvalue weighted by Crippen LogP contribution is -2.03. The highest BCUT2D eigenvalue weighted by Crippen LogP contribution is 2.32. The second-order valence-corrected chi connectivity index (χ2v) is 3.97. The molecule has 0 radical (unpaired) electrons. The van der Waals surface area contributed by atoms with E-state index in [1.807, 2.05) is 0 Å². The minimum Gasteiger partial charge on any atom is -0.454 e. The molecule has 0 amide bonds. The maximum atomic E-state index is 10.3. The molecule has 1 aliphatic rings. The second-order valence-electron chi connectivity index (χ2n) is 2.88. The maximum absolute atomic E-state index is 10.3. The number of fused-ring (bicyclic) bond motifs is 1. The lowest BCUT2D eigenvalue weighted by Gasteiger charge is -2.01. The van der Waals surface area contributed by atoms with E-state index in [-0.39, 0.29) is 13.4 Å². The van der Waals surface area contributed by atoms with Gasteiger partial charge in [0, 0.05) is 0 Å². The molecule has 0 saturated heterocycles. The molecule has 0 fully saturated rings. The summed E-state index contributed by atoms with van der Waals surface area (Å²) < 4.78 is 43.4. The predicted octanol–water partition coefficient (Wildman–Crippen LogP) is 0.735. The van der Waals surface area contributed by atoms with Crippen molar-refractivity contribution >= 4 is 10.4 Å². The van der Waals surface area contributed by atoms with Crippen molar-refractivity contribution in [2.24, 2.45) is 0 Å². The number of hydrogen-bond acceptors (Lipinski definition) is 5. The van der Waals surface area contributed by atoms with Gasteiger partial charge in [-0.2, -0.15) is 8.42 Å². The molecule has 7 heteroatoms. The summed E-state index contributed by atoms with van der Waals surface area (Å²) >= 11 is 0. The first-order chi connectivity index (χ1) is 7.04. The Morgan fingerprint density at radius 2 is 2.07 bits per heavy atom. The van der Waals surface area contributed by atoms with E-state index >= 15 is 0 Å². The molecule has 1 aromatic carbocycles. The van der Waals surface area contributed by atoms with Gasteiger partial charge in [0.15, 0.2) is 11.5 Å². The monoisotopic (exact) mass is 232 g/mol. The number of ether oxygens (including phenoxy) is 2. The van der Waals surface area contributed by atoms with Crippen LogP contribution in [-0.4, -0.2) is 19.8 Å². The van der Waals surface area contributed by atoms with Crippen molar-refractivity contribution in [3.05, 3.63) is 23.8 Å². The summed E-state index contributed by atoms with van der Waals surface area (Å²) in [6.07, 6.45) is 0. The van der Waals surface area contributed by atoms with Crippen molar-refractivity contribution < 1.29 is 26.6 Å². The Labute approximate surface area is 86.3 Å². The fourth-order valence-corrected chi connectivity index (χ4v) is 1.46. The Balaban J connectivity index is 2.10. The molecule has 82 valence electrons. The van der Waals surface area contributed by atoms with Gasteiger partial charge in [-0.25, -0.2) is 4.18 Å². The Morgan fingerprint density at radius 1 is 1.33 bits per heavy atom. The lowest BCUT2D eigenvalue weighted by atomic mass is 10.2. The van der Waals surface area contributed by atoms with Crippen molar-refractivity contribution in [2.45, 2.75) is 6.61 Å². The van der Waals surface area contributed by atoms with Crippen LogP contribution in [0.25, 0.3) is 0 Å². The standard InChI is InChI=1S/C8H8O6S/c9-15(10,11)14-4-6-1-2-7-8(3-6)13-5-12-7/h1-3H,4-5H2,(H,9,10,11). The van der Waals surface area contributed by atoms with Crippen LogP contribution < -0.4 is 9.47 Å². The maximum Gasteiger partial charge on any atom is 0.397 e. The molecule has 0 saturated carbocycles. The third-order valence-corrected chi connectivity index (χ3v) is 2.23. The molecular formula is C8H8O6S. The third kappa shape index (κ3) is 2.58. The zero-order valence-electron chi connectivity index (χ0n) is 7.54. The molecular weight excluding hydrogens is 224 g/mol. The lowest BCUT2D eigenvalue weighted by molar-refractivity contribution is 0.174. The molecule has 2 rings (SSSR count). The predicted molar refractivity (Wildman–Crippen MR) is 48.9 cm³/mol. The number of rotatable bonds is 3. The topological polar surface area (TPSA) is 82.1 Å². The van der Waals surface area contributed by atoms with Gasteiger partial charge in [0.05, 0.1) is 6.61 Å². The van der Waals surface area contributed by atoms with Crippen molar-refractivity contribution in [3.63, 3.8) is 0 Å². The van der Waals surface area contributed by atoms with Gasteiger partial charge in [0.1, 0.15) is 0 Å². The molecule has 0 aromatic heterocycles. The molecule has 1 aliphatic heterocycles.